The number of carbonyl (C=O) groups is 1. The van der Waals surface area contributed by atoms with Gasteiger partial charge in [-0.25, -0.2) is 4.99 Å². The van der Waals surface area contributed by atoms with Crippen LogP contribution in [0.5, 0.6) is 5.75 Å². The molecule has 0 spiro atoms. The first-order valence-electron chi connectivity index (χ1n) is 10.3. The van der Waals surface area contributed by atoms with Gasteiger partial charge in [0.05, 0.1) is 13.2 Å². The lowest BCUT2D eigenvalue weighted by Gasteiger charge is -2.21. The Morgan fingerprint density at radius 3 is 2.29 bits per heavy atom. The van der Waals surface area contributed by atoms with Gasteiger partial charge < -0.3 is 20.3 Å². The second-order valence-corrected chi connectivity index (χ2v) is 7.77. The lowest BCUT2D eigenvalue weighted by molar-refractivity contribution is -0.127. The molecule has 6 nitrogen and oxygen atoms in total. The van der Waals surface area contributed by atoms with Gasteiger partial charge in [-0.3, -0.25) is 4.79 Å². The van der Waals surface area contributed by atoms with Crippen LogP contribution < -0.4 is 15.4 Å². The summed E-state index contributed by atoms with van der Waals surface area (Å²) in [6.45, 7) is 5.13. The Bertz CT molecular complexity index is 810. The molecule has 0 aliphatic carbocycles. The lowest BCUT2D eigenvalue weighted by Crippen LogP contribution is -2.41. The Balaban J connectivity index is 0.00000480. The quantitative estimate of drug-likeness (QED) is 0.289. The molecule has 2 aromatic rings. The monoisotopic (exact) mass is 538 g/mol. The average Bonchev–Trinajstić information content (AvgIpc) is 2.76. The Labute approximate surface area is 203 Å². The zero-order chi connectivity index (χ0) is 21.9. The van der Waals surface area contributed by atoms with Crippen molar-refractivity contribution in [1.82, 2.24) is 15.5 Å². The standard InChI is InChI=1S/C24H34N4O2.HI/c1-18(15-20-11-13-22(30-5)14-12-20)16-25-24(26-17-23(29)28(3)4)27-19(2)21-9-7-6-8-10-21;/h6-14,18-19H,15-17H2,1-5H3,(H2,25,26,27);1H. The van der Waals surface area contributed by atoms with Gasteiger partial charge in [-0.05, 0) is 42.5 Å². The molecule has 2 rings (SSSR count). The zero-order valence-electron chi connectivity index (χ0n) is 19.1. The minimum atomic E-state index is -0.0326. The second kappa shape index (κ2) is 13.9. The van der Waals surface area contributed by atoms with E-state index in [0.717, 1.165) is 24.3 Å². The SMILES string of the molecule is COc1ccc(CC(C)CNC(=NCC(=O)N(C)C)NC(C)c2ccccc2)cc1.I. The summed E-state index contributed by atoms with van der Waals surface area (Å²) < 4.78 is 5.22. The maximum atomic E-state index is 12.0. The van der Waals surface area contributed by atoms with Crippen LogP contribution in [0.2, 0.25) is 0 Å². The number of benzene rings is 2. The third-order valence-corrected chi connectivity index (χ3v) is 4.89. The maximum absolute atomic E-state index is 12.0. The van der Waals surface area contributed by atoms with E-state index >= 15 is 0 Å². The number of carbonyl (C=O) groups excluding carboxylic acids is 1. The van der Waals surface area contributed by atoms with E-state index in [2.05, 4.69) is 53.7 Å². The Kier molecular flexibility index (Phi) is 12.0. The number of nitrogens with zero attached hydrogens (tertiary/aromatic N) is 2. The van der Waals surface area contributed by atoms with Crippen molar-refractivity contribution in [3.8, 4) is 5.75 Å². The molecule has 7 heteroatoms. The molecule has 170 valence electrons. The Morgan fingerprint density at radius 1 is 1.06 bits per heavy atom. The number of methoxy groups -OCH3 is 1. The van der Waals surface area contributed by atoms with E-state index in [0.29, 0.717) is 11.9 Å². The molecule has 0 bridgehead atoms. The van der Waals surface area contributed by atoms with Crippen LogP contribution >= 0.6 is 24.0 Å². The number of guanidine groups is 1. The molecule has 0 fully saturated rings. The third-order valence-electron chi connectivity index (χ3n) is 4.89. The summed E-state index contributed by atoms with van der Waals surface area (Å²) in [5, 5.41) is 6.81. The number of amides is 1. The van der Waals surface area contributed by atoms with Gasteiger partial charge in [0.2, 0.25) is 5.91 Å². The lowest BCUT2D eigenvalue weighted by atomic mass is 10.0. The normalized spacial score (nSPS) is 12.9. The summed E-state index contributed by atoms with van der Waals surface area (Å²) in [7, 11) is 5.15. The van der Waals surface area contributed by atoms with Crippen LogP contribution in [-0.4, -0.2) is 51.1 Å². The third kappa shape index (κ3) is 9.59. The van der Waals surface area contributed by atoms with E-state index < -0.39 is 0 Å². The van der Waals surface area contributed by atoms with Gasteiger partial charge in [0.25, 0.3) is 0 Å². The number of rotatable bonds is 9. The smallest absolute Gasteiger partial charge is 0.243 e. The first-order chi connectivity index (χ1) is 14.4. The summed E-state index contributed by atoms with van der Waals surface area (Å²) in [5.74, 6) is 1.86. The van der Waals surface area contributed by atoms with Crippen molar-refractivity contribution in [1.29, 1.82) is 0 Å². The van der Waals surface area contributed by atoms with Crippen LogP contribution in [0.25, 0.3) is 0 Å². The summed E-state index contributed by atoms with van der Waals surface area (Å²) in [6.07, 6.45) is 0.940. The molecule has 0 aromatic heterocycles. The van der Waals surface area contributed by atoms with E-state index in [9.17, 15) is 4.79 Å². The number of ether oxygens (including phenoxy) is 1. The highest BCUT2D eigenvalue weighted by Gasteiger charge is 2.11. The number of hydrogen-bond donors (Lipinski definition) is 2. The van der Waals surface area contributed by atoms with E-state index in [1.807, 2.05) is 30.3 Å². The number of aliphatic imine (C=N–C) groups is 1. The van der Waals surface area contributed by atoms with Gasteiger partial charge in [0.1, 0.15) is 12.3 Å². The number of nitrogens with one attached hydrogen (secondary N) is 2. The summed E-state index contributed by atoms with van der Waals surface area (Å²) >= 11 is 0. The van der Waals surface area contributed by atoms with Gasteiger partial charge in [-0.15, -0.1) is 24.0 Å². The maximum Gasteiger partial charge on any atom is 0.243 e. The molecule has 2 unspecified atom stereocenters. The number of halogens is 1. The molecule has 0 saturated heterocycles. The predicted octanol–water partition coefficient (Wildman–Crippen LogP) is 3.88. The summed E-state index contributed by atoms with van der Waals surface area (Å²) in [5.41, 5.74) is 2.43. The fourth-order valence-electron chi connectivity index (χ4n) is 2.98. The highest BCUT2D eigenvalue weighted by atomic mass is 127. The van der Waals surface area contributed by atoms with Crippen LogP contribution in [-0.2, 0) is 11.2 Å². The molecule has 0 heterocycles. The second-order valence-electron chi connectivity index (χ2n) is 7.77. The van der Waals surface area contributed by atoms with Crippen LogP contribution in [0.15, 0.2) is 59.6 Å². The van der Waals surface area contributed by atoms with E-state index in [1.165, 1.54) is 5.56 Å². The molecule has 0 aliphatic rings. The fourth-order valence-corrected chi connectivity index (χ4v) is 2.98. The van der Waals surface area contributed by atoms with E-state index in [-0.39, 0.29) is 42.5 Å². The largest absolute Gasteiger partial charge is 0.497 e. The van der Waals surface area contributed by atoms with Gasteiger partial charge in [0.15, 0.2) is 5.96 Å². The zero-order valence-corrected chi connectivity index (χ0v) is 21.4. The van der Waals surface area contributed by atoms with Crippen LogP contribution in [0.4, 0.5) is 0 Å². The van der Waals surface area contributed by atoms with Crippen molar-refractivity contribution in [2.75, 3.05) is 34.3 Å². The number of likely N-dealkylation sites (N-methyl/N-ethyl adjacent to an activating group) is 1. The molecule has 0 radical (unpaired) electrons. The van der Waals surface area contributed by atoms with Crippen LogP contribution in [0, 0.1) is 5.92 Å². The molecular weight excluding hydrogens is 503 g/mol. The molecule has 2 aromatic carbocycles. The molecule has 2 atom stereocenters. The van der Waals surface area contributed by atoms with Crippen molar-refractivity contribution in [3.63, 3.8) is 0 Å². The van der Waals surface area contributed by atoms with Gasteiger partial charge in [-0.1, -0.05) is 49.4 Å². The molecule has 0 saturated carbocycles. The average molecular weight is 538 g/mol. The van der Waals surface area contributed by atoms with Crippen molar-refractivity contribution < 1.29 is 9.53 Å². The van der Waals surface area contributed by atoms with Crippen molar-refractivity contribution in [2.45, 2.75) is 26.3 Å². The molecule has 0 aliphatic heterocycles. The van der Waals surface area contributed by atoms with Crippen LogP contribution in [0.1, 0.15) is 31.0 Å². The Hall–Kier alpha value is -2.29. The van der Waals surface area contributed by atoms with Crippen molar-refractivity contribution in [2.24, 2.45) is 10.9 Å². The highest BCUT2D eigenvalue weighted by Crippen LogP contribution is 2.14. The van der Waals surface area contributed by atoms with Crippen LogP contribution in [0.3, 0.4) is 0 Å². The first-order valence-corrected chi connectivity index (χ1v) is 10.3. The van der Waals surface area contributed by atoms with E-state index in [4.69, 9.17) is 4.74 Å². The summed E-state index contributed by atoms with van der Waals surface area (Å²) in [6, 6.07) is 18.4. The Morgan fingerprint density at radius 2 is 1.71 bits per heavy atom. The minimum absolute atomic E-state index is 0. The highest BCUT2D eigenvalue weighted by molar-refractivity contribution is 14.0. The molecular formula is C24H35IN4O2. The van der Waals surface area contributed by atoms with Gasteiger partial charge in [-0.2, -0.15) is 0 Å². The van der Waals surface area contributed by atoms with Gasteiger partial charge >= 0.3 is 0 Å². The predicted molar refractivity (Wildman–Crippen MR) is 138 cm³/mol. The first kappa shape index (κ1) is 26.7. The van der Waals surface area contributed by atoms with E-state index in [1.54, 1.807) is 26.1 Å². The van der Waals surface area contributed by atoms with Crippen molar-refractivity contribution in [3.05, 3.63) is 65.7 Å². The van der Waals surface area contributed by atoms with Crippen molar-refractivity contribution >= 4 is 35.8 Å². The summed E-state index contributed by atoms with van der Waals surface area (Å²) in [4.78, 5) is 18.0. The number of hydrogen-bond acceptors (Lipinski definition) is 3. The molecule has 2 N–H and O–H groups in total. The minimum Gasteiger partial charge on any atom is -0.497 e. The molecule has 31 heavy (non-hydrogen) atoms. The fraction of sp³-hybridized carbons (Fsp3) is 0.417. The topological polar surface area (TPSA) is 66.0 Å². The van der Waals surface area contributed by atoms with Gasteiger partial charge in [0, 0.05) is 20.6 Å². The molecule has 1 amide bonds.